The Balaban J connectivity index is 1.94. The third-order valence-corrected chi connectivity index (χ3v) is 4.58. The van der Waals surface area contributed by atoms with E-state index in [-0.39, 0.29) is 17.9 Å². The fraction of sp³-hybridized carbons (Fsp3) is 0.636. The van der Waals surface area contributed by atoms with Gasteiger partial charge in [0.1, 0.15) is 5.75 Å². The first-order valence-electron chi connectivity index (χ1n) is 10.4. The Hall–Kier alpha value is -2.24. The molecule has 6 nitrogen and oxygen atoms in total. The van der Waals surface area contributed by atoms with Crippen LogP contribution in [0.1, 0.15) is 46.6 Å². The largest absolute Gasteiger partial charge is 0.493 e. The number of ether oxygens (including phenoxy) is 1. The lowest BCUT2D eigenvalue weighted by atomic mass is 10.2. The molecule has 1 heterocycles. The third kappa shape index (κ3) is 7.06. The number of rotatable bonds is 8. The van der Waals surface area contributed by atoms with Crippen LogP contribution < -0.4 is 15.4 Å². The minimum absolute atomic E-state index is 0.0471. The molecule has 156 valence electrons. The van der Waals surface area contributed by atoms with E-state index in [1.807, 2.05) is 36.9 Å². The highest BCUT2D eigenvalue weighted by Gasteiger charge is 2.27. The molecule has 0 saturated carbocycles. The standard InChI is InChI=1S/C22H36N4O2/c1-6-23-22(25-19-10-11-26(14-19)21(27)17(4)5)24-13-18-8-7-9-20(12-18)28-15-16(2)3/h7-9,12,16-17,19H,6,10-11,13-15H2,1-5H3,(H2,23,24,25). The highest BCUT2D eigenvalue weighted by Crippen LogP contribution is 2.16. The molecule has 2 rings (SSSR count). The van der Waals surface area contributed by atoms with Crippen LogP contribution in [0.3, 0.4) is 0 Å². The highest BCUT2D eigenvalue weighted by atomic mass is 16.5. The molecular weight excluding hydrogens is 352 g/mol. The number of nitrogens with zero attached hydrogens (tertiary/aromatic N) is 2. The van der Waals surface area contributed by atoms with Crippen molar-refractivity contribution in [2.24, 2.45) is 16.8 Å². The predicted molar refractivity (Wildman–Crippen MR) is 115 cm³/mol. The molecule has 0 aliphatic carbocycles. The predicted octanol–water partition coefficient (Wildman–Crippen LogP) is 3.03. The molecule has 0 bridgehead atoms. The monoisotopic (exact) mass is 388 g/mol. The van der Waals surface area contributed by atoms with Crippen LogP contribution in [0, 0.1) is 11.8 Å². The van der Waals surface area contributed by atoms with E-state index in [1.54, 1.807) is 0 Å². The van der Waals surface area contributed by atoms with Gasteiger partial charge >= 0.3 is 0 Å². The molecule has 0 spiro atoms. The van der Waals surface area contributed by atoms with Gasteiger partial charge in [-0.05, 0) is 37.0 Å². The molecule has 1 atom stereocenters. The van der Waals surface area contributed by atoms with Gasteiger partial charge < -0.3 is 20.3 Å². The summed E-state index contributed by atoms with van der Waals surface area (Å²) in [5.41, 5.74) is 1.11. The van der Waals surface area contributed by atoms with Crippen molar-refractivity contribution >= 4 is 11.9 Å². The first-order chi connectivity index (χ1) is 13.4. The maximum Gasteiger partial charge on any atom is 0.225 e. The summed E-state index contributed by atoms with van der Waals surface area (Å²) in [5, 5.41) is 6.78. The van der Waals surface area contributed by atoms with E-state index in [2.05, 4.69) is 37.5 Å². The zero-order valence-electron chi connectivity index (χ0n) is 18.0. The molecule has 28 heavy (non-hydrogen) atoms. The van der Waals surface area contributed by atoms with E-state index >= 15 is 0 Å². The molecule has 1 aliphatic heterocycles. The van der Waals surface area contributed by atoms with Gasteiger partial charge in [0.15, 0.2) is 5.96 Å². The van der Waals surface area contributed by atoms with Crippen LogP contribution in [-0.4, -0.2) is 49.0 Å². The number of hydrogen-bond acceptors (Lipinski definition) is 3. The van der Waals surface area contributed by atoms with Gasteiger partial charge in [0, 0.05) is 31.6 Å². The number of guanidine groups is 1. The minimum Gasteiger partial charge on any atom is -0.493 e. The van der Waals surface area contributed by atoms with Gasteiger partial charge in [-0.2, -0.15) is 0 Å². The Bertz CT molecular complexity index is 658. The summed E-state index contributed by atoms with van der Waals surface area (Å²) in [7, 11) is 0. The molecule has 6 heteroatoms. The van der Waals surface area contributed by atoms with Gasteiger partial charge in [-0.1, -0.05) is 39.8 Å². The number of carbonyl (C=O) groups is 1. The molecule has 2 N–H and O–H groups in total. The van der Waals surface area contributed by atoms with E-state index in [4.69, 9.17) is 9.73 Å². The van der Waals surface area contributed by atoms with Crippen molar-refractivity contribution < 1.29 is 9.53 Å². The van der Waals surface area contributed by atoms with Crippen LogP contribution >= 0.6 is 0 Å². The van der Waals surface area contributed by atoms with Crippen LogP contribution in [0.5, 0.6) is 5.75 Å². The second kappa shape index (κ2) is 10.9. The van der Waals surface area contributed by atoms with E-state index in [1.165, 1.54) is 0 Å². The van der Waals surface area contributed by atoms with Gasteiger partial charge in [0.2, 0.25) is 5.91 Å². The number of nitrogens with one attached hydrogen (secondary N) is 2. The smallest absolute Gasteiger partial charge is 0.225 e. The Morgan fingerprint density at radius 3 is 2.79 bits per heavy atom. The second-order valence-electron chi connectivity index (χ2n) is 8.12. The van der Waals surface area contributed by atoms with Gasteiger partial charge in [-0.3, -0.25) is 4.79 Å². The summed E-state index contributed by atoms with van der Waals surface area (Å²) >= 11 is 0. The molecule has 1 aromatic carbocycles. The Kier molecular flexibility index (Phi) is 8.61. The Labute approximate surface area is 169 Å². The molecule has 0 radical (unpaired) electrons. The maximum absolute atomic E-state index is 12.2. The molecule has 1 fully saturated rings. The molecule has 1 saturated heterocycles. The van der Waals surface area contributed by atoms with Crippen LogP contribution in [0.15, 0.2) is 29.3 Å². The van der Waals surface area contributed by atoms with Crippen molar-refractivity contribution in [2.45, 2.75) is 53.6 Å². The molecule has 1 aromatic rings. The molecule has 1 amide bonds. The first kappa shape index (κ1) is 22.1. The number of amides is 1. The van der Waals surface area contributed by atoms with Crippen molar-refractivity contribution in [3.8, 4) is 5.75 Å². The van der Waals surface area contributed by atoms with Crippen LogP contribution in [0.4, 0.5) is 0 Å². The fourth-order valence-electron chi connectivity index (χ4n) is 3.12. The molecular formula is C22H36N4O2. The summed E-state index contributed by atoms with van der Waals surface area (Å²) in [6.07, 6.45) is 0.946. The average molecular weight is 389 g/mol. The van der Waals surface area contributed by atoms with Crippen molar-refractivity contribution in [2.75, 3.05) is 26.2 Å². The van der Waals surface area contributed by atoms with E-state index in [0.29, 0.717) is 19.1 Å². The third-order valence-electron chi connectivity index (χ3n) is 4.58. The summed E-state index contributed by atoms with van der Waals surface area (Å²) in [6, 6.07) is 8.34. The first-order valence-corrected chi connectivity index (χ1v) is 10.4. The zero-order chi connectivity index (χ0) is 20.5. The highest BCUT2D eigenvalue weighted by molar-refractivity contribution is 5.81. The summed E-state index contributed by atoms with van der Waals surface area (Å²) < 4.78 is 5.81. The maximum atomic E-state index is 12.2. The summed E-state index contributed by atoms with van der Waals surface area (Å²) in [4.78, 5) is 18.9. The average Bonchev–Trinajstić information content (AvgIpc) is 3.12. The SMILES string of the molecule is CCNC(=NCc1cccc(OCC(C)C)c1)NC1CCN(C(=O)C(C)C)C1. The van der Waals surface area contributed by atoms with E-state index in [9.17, 15) is 4.79 Å². The number of benzene rings is 1. The number of carbonyl (C=O) groups excluding carboxylic acids is 1. The van der Waals surface area contributed by atoms with E-state index < -0.39 is 0 Å². The second-order valence-corrected chi connectivity index (χ2v) is 8.12. The minimum atomic E-state index is 0.0471. The lowest BCUT2D eigenvalue weighted by Gasteiger charge is -2.20. The normalized spacial score (nSPS) is 17.3. The molecule has 1 unspecified atom stereocenters. The quantitative estimate of drug-likeness (QED) is 0.531. The summed E-state index contributed by atoms with van der Waals surface area (Å²) in [6.45, 7) is 13.9. The zero-order valence-corrected chi connectivity index (χ0v) is 18.0. The van der Waals surface area contributed by atoms with Crippen LogP contribution in [-0.2, 0) is 11.3 Å². The number of likely N-dealkylation sites (tertiary alicyclic amines) is 1. The summed E-state index contributed by atoms with van der Waals surface area (Å²) in [5.74, 6) is 2.45. The lowest BCUT2D eigenvalue weighted by molar-refractivity contribution is -0.133. The van der Waals surface area contributed by atoms with Gasteiger partial charge in [0.05, 0.1) is 13.2 Å². The van der Waals surface area contributed by atoms with Crippen molar-refractivity contribution in [1.82, 2.24) is 15.5 Å². The molecule has 0 aromatic heterocycles. The fourth-order valence-corrected chi connectivity index (χ4v) is 3.12. The Morgan fingerprint density at radius 1 is 1.32 bits per heavy atom. The molecule has 1 aliphatic rings. The van der Waals surface area contributed by atoms with Crippen molar-refractivity contribution in [3.63, 3.8) is 0 Å². The van der Waals surface area contributed by atoms with E-state index in [0.717, 1.165) is 43.3 Å². The van der Waals surface area contributed by atoms with Crippen LogP contribution in [0.2, 0.25) is 0 Å². The van der Waals surface area contributed by atoms with Gasteiger partial charge in [-0.25, -0.2) is 4.99 Å². The van der Waals surface area contributed by atoms with Crippen molar-refractivity contribution in [3.05, 3.63) is 29.8 Å². The Morgan fingerprint density at radius 2 is 2.11 bits per heavy atom. The van der Waals surface area contributed by atoms with Crippen molar-refractivity contribution in [1.29, 1.82) is 0 Å². The van der Waals surface area contributed by atoms with Crippen LogP contribution in [0.25, 0.3) is 0 Å². The van der Waals surface area contributed by atoms with Gasteiger partial charge in [0.25, 0.3) is 0 Å². The topological polar surface area (TPSA) is 66.0 Å². The number of hydrogen-bond donors (Lipinski definition) is 2. The van der Waals surface area contributed by atoms with Gasteiger partial charge in [-0.15, -0.1) is 0 Å². The lowest BCUT2D eigenvalue weighted by Crippen LogP contribution is -2.45. The number of aliphatic imine (C=N–C) groups is 1.